The van der Waals surface area contributed by atoms with Gasteiger partial charge in [0.05, 0.1) is 0 Å². The molecule has 0 radical (unpaired) electrons. The van der Waals surface area contributed by atoms with E-state index in [9.17, 15) is 8.78 Å². The van der Waals surface area contributed by atoms with E-state index in [0.717, 1.165) is 6.42 Å². The van der Waals surface area contributed by atoms with Gasteiger partial charge in [-0.1, -0.05) is 6.07 Å². The third-order valence-electron chi connectivity index (χ3n) is 3.00. The molecule has 0 saturated heterocycles. The molecule has 1 aromatic rings. The maximum absolute atomic E-state index is 14.0. The van der Waals surface area contributed by atoms with Crippen molar-refractivity contribution in [3.8, 4) is 0 Å². The minimum atomic E-state index is -0.492. The minimum Gasteiger partial charge on any atom is -0.382 e. The molecule has 1 atom stereocenters. The molecule has 0 fully saturated rings. The monoisotopic (exact) mass is 257 g/mol. The lowest BCUT2D eigenvalue weighted by atomic mass is 9.99. The van der Waals surface area contributed by atoms with Crippen LogP contribution in [0.25, 0.3) is 0 Å². The first-order chi connectivity index (χ1) is 8.61. The average molecular weight is 257 g/mol. The van der Waals surface area contributed by atoms with Crippen LogP contribution in [0.15, 0.2) is 12.1 Å². The molecule has 0 saturated carbocycles. The van der Waals surface area contributed by atoms with Gasteiger partial charge in [-0.3, -0.25) is 0 Å². The largest absolute Gasteiger partial charge is 0.382 e. The number of halogens is 2. The van der Waals surface area contributed by atoms with E-state index < -0.39 is 11.6 Å². The molecule has 102 valence electrons. The molecule has 0 heterocycles. The predicted octanol–water partition coefficient (Wildman–Crippen LogP) is 3.35. The Bertz CT molecular complexity index is 382. The Morgan fingerprint density at radius 1 is 1.33 bits per heavy atom. The first kappa shape index (κ1) is 15.1. The summed E-state index contributed by atoms with van der Waals surface area (Å²) < 4.78 is 32.9. The lowest BCUT2D eigenvalue weighted by molar-refractivity contribution is 0.141. The molecular formula is C14H21F2NO. The summed E-state index contributed by atoms with van der Waals surface area (Å²) in [5.41, 5.74) is 0.602. The average Bonchev–Trinajstić information content (AvgIpc) is 2.37. The summed E-state index contributed by atoms with van der Waals surface area (Å²) in [6.45, 7) is 4.85. The van der Waals surface area contributed by atoms with Crippen LogP contribution >= 0.6 is 0 Å². The third kappa shape index (κ3) is 3.75. The van der Waals surface area contributed by atoms with Gasteiger partial charge in [0.15, 0.2) is 0 Å². The number of rotatable bonds is 7. The second-order valence-corrected chi connectivity index (χ2v) is 4.27. The second kappa shape index (κ2) is 7.44. The first-order valence-electron chi connectivity index (χ1n) is 6.31. The highest BCUT2D eigenvalue weighted by Crippen LogP contribution is 2.26. The van der Waals surface area contributed by atoms with E-state index in [0.29, 0.717) is 25.2 Å². The maximum Gasteiger partial charge on any atom is 0.133 e. The molecule has 0 aliphatic heterocycles. The van der Waals surface area contributed by atoms with Crippen molar-refractivity contribution < 1.29 is 13.5 Å². The molecule has 0 aromatic heterocycles. The van der Waals surface area contributed by atoms with Gasteiger partial charge in [-0.25, -0.2) is 8.78 Å². The van der Waals surface area contributed by atoms with Crippen molar-refractivity contribution in [2.75, 3.05) is 20.3 Å². The van der Waals surface area contributed by atoms with Crippen LogP contribution in [0, 0.1) is 18.6 Å². The molecule has 0 spiro atoms. The van der Waals surface area contributed by atoms with Crippen molar-refractivity contribution in [3.05, 3.63) is 34.9 Å². The van der Waals surface area contributed by atoms with Gasteiger partial charge in [0.2, 0.25) is 0 Å². The van der Waals surface area contributed by atoms with Gasteiger partial charge < -0.3 is 10.1 Å². The summed E-state index contributed by atoms with van der Waals surface area (Å²) in [5.74, 6) is -0.945. The van der Waals surface area contributed by atoms with Gasteiger partial charge in [-0.2, -0.15) is 0 Å². The van der Waals surface area contributed by atoms with E-state index >= 15 is 0 Å². The van der Waals surface area contributed by atoms with Gasteiger partial charge in [-0.05, 0) is 45.4 Å². The van der Waals surface area contributed by atoms with E-state index in [4.69, 9.17) is 4.74 Å². The number of nitrogens with one attached hydrogen (secondary N) is 1. The molecule has 0 aliphatic carbocycles. The number of benzene rings is 1. The van der Waals surface area contributed by atoms with E-state index in [-0.39, 0.29) is 11.6 Å². The number of hydrogen-bond donors (Lipinski definition) is 1. The molecule has 0 amide bonds. The Kier molecular flexibility index (Phi) is 6.22. The Labute approximate surface area is 107 Å². The summed E-state index contributed by atoms with van der Waals surface area (Å²) in [5, 5.41) is 2.97. The fraction of sp³-hybridized carbons (Fsp3) is 0.571. The fourth-order valence-corrected chi connectivity index (χ4v) is 1.96. The zero-order valence-electron chi connectivity index (χ0n) is 11.2. The van der Waals surface area contributed by atoms with Crippen LogP contribution in [0.4, 0.5) is 8.78 Å². The molecular weight excluding hydrogens is 236 g/mol. The quantitative estimate of drug-likeness (QED) is 0.756. The highest BCUT2D eigenvalue weighted by molar-refractivity contribution is 5.29. The summed E-state index contributed by atoms with van der Waals surface area (Å²) >= 11 is 0. The second-order valence-electron chi connectivity index (χ2n) is 4.27. The predicted molar refractivity (Wildman–Crippen MR) is 68.6 cm³/mol. The van der Waals surface area contributed by atoms with Crippen LogP contribution in [-0.2, 0) is 4.74 Å². The number of hydrogen-bond acceptors (Lipinski definition) is 2. The third-order valence-corrected chi connectivity index (χ3v) is 3.00. The smallest absolute Gasteiger partial charge is 0.133 e. The molecule has 0 bridgehead atoms. The van der Waals surface area contributed by atoms with Crippen molar-refractivity contribution in [2.24, 2.45) is 0 Å². The topological polar surface area (TPSA) is 21.3 Å². The van der Waals surface area contributed by atoms with Crippen LogP contribution < -0.4 is 5.32 Å². The SMILES string of the molecule is CCOCCCC(NC)c1c(F)ccc(C)c1F. The Morgan fingerprint density at radius 3 is 2.67 bits per heavy atom. The van der Waals surface area contributed by atoms with Crippen LogP contribution in [0.1, 0.15) is 36.9 Å². The van der Waals surface area contributed by atoms with Gasteiger partial charge >= 0.3 is 0 Å². The number of aryl methyl sites for hydroxylation is 1. The van der Waals surface area contributed by atoms with Crippen LogP contribution in [0.3, 0.4) is 0 Å². The van der Waals surface area contributed by atoms with Crippen LogP contribution in [-0.4, -0.2) is 20.3 Å². The normalized spacial score (nSPS) is 12.7. The summed E-state index contributed by atoms with van der Waals surface area (Å²) in [7, 11) is 1.71. The van der Waals surface area contributed by atoms with E-state index in [2.05, 4.69) is 5.32 Å². The van der Waals surface area contributed by atoms with Gasteiger partial charge in [0.1, 0.15) is 11.6 Å². The van der Waals surface area contributed by atoms with Gasteiger partial charge in [-0.15, -0.1) is 0 Å². The minimum absolute atomic E-state index is 0.133. The summed E-state index contributed by atoms with van der Waals surface area (Å²) in [6, 6.07) is 2.46. The molecule has 1 unspecified atom stereocenters. The van der Waals surface area contributed by atoms with Gasteiger partial charge in [0.25, 0.3) is 0 Å². The van der Waals surface area contributed by atoms with Crippen molar-refractivity contribution in [2.45, 2.75) is 32.7 Å². The van der Waals surface area contributed by atoms with Crippen LogP contribution in [0.2, 0.25) is 0 Å². The maximum atomic E-state index is 14.0. The highest BCUT2D eigenvalue weighted by atomic mass is 19.1. The Morgan fingerprint density at radius 2 is 2.06 bits per heavy atom. The van der Waals surface area contributed by atoms with E-state index in [1.54, 1.807) is 14.0 Å². The van der Waals surface area contributed by atoms with Gasteiger partial charge in [0, 0.05) is 24.8 Å². The fourth-order valence-electron chi connectivity index (χ4n) is 1.96. The Balaban J connectivity index is 2.78. The standard InChI is InChI=1S/C14H21F2NO/c1-4-18-9-5-6-12(17-3)13-11(15)8-7-10(2)14(13)16/h7-8,12,17H,4-6,9H2,1-3H3. The zero-order chi connectivity index (χ0) is 13.5. The molecule has 2 nitrogen and oxygen atoms in total. The summed E-state index contributed by atoms with van der Waals surface area (Å²) in [6.07, 6.45) is 1.42. The lowest BCUT2D eigenvalue weighted by Gasteiger charge is -2.19. The first-order valence-corrected chi connectivity index (χ1v) is 6.31. The number of ether oxygens (including phenoxy) is 1. The molecule has 1 rings (SSSR count). The van der Waals surface area contributed by atoms with Crippen molar-refractivity contribution in [1.82, 2.24) is 5.32 Å². The molecule has 4 heteroatoms. The molecule has 0 aliphatic rings. The van der Waals surface area contributed by atoms with Crippen molar-refractivity contribution >= 4 is 0 Å². The van der Waals surface area contributed by atoms with E-state index in [1.807, 2.05) is 6.92 Å². The van der Waals surface area contributed by atoms with Crippen molar-refractivity contribution in [1.29, 1.82) is 0 Å². The molecule has 1 N–H and O–H groups in total. The van der Waals surface area contributed by atoms with Crippen molar-refractivity contribution in [3.63, 3.8) is 0 Å². The Hall–Kier alpha value is -1.00. The summed E-state index contributed by atoms with van der Waals surface area (Å²) in [4.78, 5) is 0. The van der Waals surface area contributed by atoms with E-state index in [1.165, 1.54) is 12.1 Å². The molecule has 18 heavy (non-hydrogen) atoms. The lowest BCUT2D eigenvalue weighted by Crippen LogP contribution is -2.20. The highest BCUT2D eigenvalue weighted by Gasteiger charge is 2.19. The van der Waals surface area contributed by atoms with Crippen LogP contribution in [0.5, 0.6) is 0 Å². The molecule has 1 aromatic carbocycles. The zero-order valence-corrected chi connectivity index (χ0v) is 11.2.